The number of aliphatic hydroxyl groups is 1. The summed E-state index contributed by atoms with van der Waals surface area (Å²) in [6, 6.07) is 16.9. The molecule has 6 rings (SSSR count). The quantitative estimate of drug-likeness (QED) is 0.472. The lowest BCUT2D eigenvalue weighted by Crippen LogP contribution is -2.42. The topological polar surface area (TPSA) is 69.8 Å². The second-order valence-corrected chi connectivity index (χ2v) is 9.67. The molecular weight excluding hydrogens is 443 g/mol. The van der Waals surface area contributed by atoms with Gasteiger partial charge in [0.2, 0.25) is 0 Å². The first-order valence-electron chi connectivity index (χ1n) is 12.3. The van der Waals surface area contributed by atoms with E-state index in [4.69, 9.17) is 10.1 Å². The normalized spacial score (nSPS) is 22.8. The van der Waals surface area contributed by atoms with Gasteiger partial charge in [-0.2, -0.15) is 0 Å². The molecule has 0 spiro atoms. The van der Waals surface area contributed by atoms with E-state index in [0.717, 1.165) is 73.1 Å². The molecule has 0 radical (unpaired) electrons. The number of halogens is 1. The molecule has 180 valence electrons. The van der Waals surface area contributed by atoms with E-state index in [-0.39, 0.29) is 23.9 Å². The van der Waals surface area contributed by atoms with E-state index in [9.17, 15) is 9.50 Å². The van der Waals surface area contributed by atoms with E-state index in [0.29, 0.717) is 0 Å². The zero-order valence-corrected chi connectivity index (χ0v) is 19.8. The summed E-state index contributed by atoms with van der Waals surface area (Å²) < 4.78 is 15.7. The molecule has 2 aliphatic heterocycles. The Balaban J connectivity index is 1.33. The van der Waals surface area contributed by atoms with E-state index >= 15 is 0 Å². The van der Waals surface area contributed by atoms with Crippen molar-refractivity contribution in [2.75, 3.05) is 29.4 Å². The van der Waals surface area contributed by atoms with Crippen LogP contribution in [0.1, 0.15) is 37.8 Å². The molecule has 3 atom stereocenters. The lowest BCUT2D eigenvalue weighted by molar-refractivity contribution is 0.0969. The summed E-state index contributed by atoms with van der Waals surface area (Å²) in [6.07, 6.45) is 4.30. The summed E-state index contributed by atoms with van der Waals surface area (Å²) in [7, 11) is 0. The average molecular weight is 473 g/mol. The molecule has 0 amide bonds. The van der Waals surface area contributed by atoms with Gasteiger partial charge >= 0.3 is 0 Å². The molecule has 7 nitrogen and oxygen atoms in total. The van der Waals surface area contributed by atoms with E-state index in [1.165, 1.54) is 6.07 Å². The molecule has 3 unspecified atom stereocenters. The largest absolute Gasteiger partial charge is 0.393 e. The van der Waals surface area contributed by atoms with Crippen LogP contribution in [0.5, 0.6) is 0 Å². The Labute approximate surface area is 203 Å². The van der Waals surface area contributed by atoms with Gasteiger partial charge in [0, 0.05) is 19.6 Å². The third kappa shape index (κ3) is 4.12. The van der Waals surface area contributed by atoms with Crippen LogP contribution in [0.4, 0.5) is 16.0 Å². The molecule has 0 saturated carbocycles. The van der Waals surface area contributed by atoms with Gasteiger partial charge in [0.1, 0.15) is 23.1 Å². The highest BCUT2D eigenvalue weighted by Crippen LogP contribution is 2.36. The predicted molar refractivity (Wildman–Crippen MR) is 134 cm³/mol. The number of hydrogen-bond donors (Lipinski definition) is 1. The fourth-order valence-corrected chi connectivity index (χ4v) is 5.38. The average Bonchev–Trinajstić information content (AvgIpc) is 3.53. The molecule has 8 heteroatoms. The maximum absolute atomic E-state index is 13.9. The first kappa shape index (κ1) is 22.0. The van der Waals surface area contributed by atoms with Gasteiger partial charge < -0.3 is 14.9 Å². The number of imidazole rings is 1. The second-order valence-electron chi connectivity index (χ2n) is 9.67. The highest BCUT2D eigenvalue weighted by Gasteiger charge is 2.28. The lowest BCUT2D eigenvalue weighted by Gasteiger charge is -2.35. The van der Waals surface area contributed by atoms with Crippen molar-refractivity contribution in [3.63, 3.8) is 0 Å². The maximum atomic E-state index is 13.9. The van der Waals surface area contributed by atoms with Crippen molar-refractivity contribution < 1.29 is 9.50 Å². The van der Waals surface area contributed by atoms with Gasteiger partial charge in [0.15, 0.2) is 5.65 Å². The molecule has 2 aliphatic rings. The number of nitrogens with zero attached hydrogens (tertiary/aromatic N) is 6. The number of pyridine rings is 1. The van der Waals surface area contributed by atoms with E-state index in [1.54, 1.807) is 12.1 Å². The molecule has 2 fully saturated rings. The summed E-state index contributed by atoms with van der Waals surface area (Å²) >= 11 is 0. The van der Waals surface area contributed by atoms with Crippen molar-refractivity contribution in [2.24, 2.45) is 5.92 Å². The Kier molecular flexibility index (Phi) is 5.60. The number of hydrogen-bond acceptors (Lipinski definition) is 6. The fourth-order valence-electron chi connectivity index (χ4n) is 5.38. The summed E-state index contributed by atoms with van der Waals surface area (Å²) in [5, 5.41) is 15.1. The first-order valence-corrected chi connectivity index (χ1v) is 12.3. The Bertz CT molecular complexity index is 1360. The summed E-state index contributed by atoms with van der Waals surface area (Å²) in [5.74, 6) is 1.75. The van der Waals surface area contributed by atoms with Crippen LogP contribution in [0, 0.1) is 11.7 Å². The van der Waals surface area contributed by atoms with Crippen LogP contribution >= 0.6 is 0 Å². The fraction of sp³-hybridized carbons (Fsp3) is 0.370. The van der Waals surface area contributed by atoms with Crippen molar-refractivity contribution in [2.45, 2.75) is 38.3 Å². The van der Waals surface area contributed by atoms with Crippen LogP contribution < -0.4 is 9.80 Å². The molecule has 35 heavy (non-hydrogen) atoms. The molecule has 2 saturated heterocycles. The zero-order valence-electron chi connectivity index (χ0n) is 19.8. The lowest BCUT2D eigenvalue weighted by atomic mass is 9.97. The SMILES string of the molecule is CC1CN(c2cccc(-c3cnc4ccc(N5CCCC5c5cccc(F)c5)nn34)n2)CCC1O. The maximum Gasteiger partial charge on any atom is 0.154 e. The summed E-state index contributed by atoms with van der Waals surface area (Å²) in [6.45, 7) is 4.51. The first-order chi connectivity index (χ1) is 17.1. The number of rotatable bonds is 4. The second kappa shape index (κ2) is 8.92. The van der Waals surface area contributed by atoms with Gasteiger partial charge in [-0.3, -0.25) is 0 Å². The molecule has 3 aromatic heterocycles. The molecule has 0 bridgehead atoms. The van der Waals surface area contributed by atoms with Crippen molar-refractivity contribution in [1.82, 2.24) is 19.6 Å². The molecule has 4 aromatic rings. The standard InChI is InChI=1S/C27H29FN6O/c1-18-17-32(14-12-24(18)35)26-9-3-7-21(30-26)23-16-29-25-10-11-27(31-34(23)25)33-13-4-8-22(33)19-5-2-6-20(28)15-19/h2-3,5-7,9-11,15-16,18,22,24,35H,4,8,12-14,17H2,1H3. The van der Waals surface area contributed by atoms with Crippen molar-refractivity contribution in [1.29, 1.82) is 0 Å². The van der Waals surface area contributed by atoms with Gasteiger partial charge in [-0.05, 0) is 67.1 Å². The minimum atomic E-state index is -0.252. The predicted octanol–water partition coefficient (Wildman–Crippen LogP) is 4.48. The molecular formula is C27H29FN6O. The Morgan fingerprint density at radius 2 is 1.89 bits per heavy atom. The van der Waals surface area contributed by atoms with Crippen molar-refractivity contribution >= 4 is 17.3 Å². The van der Waals surface area contributed by atoms with Gasteiger partial charge in [0.05, 0.1) is 24.0 Å². The molecule has 0 aliphatic carbocycles. The minimum absolute atomic E-state index is 0.0977. The smallest absolute Gasteiger partial charge is 0.154 e. The molecule has 1 aromatic carbocycles. The highest BCUT2D eigenvalue weighted by molar-refractivity contribution is 5.62. The number of aromatic nitrogens is 4. The van der Waals surface area contributed by atoms with Gasteiger partial charge in [-0.25, -0.2) is 18.9 Å². The number of aliphatic hydroxyl groups excluding tert-OH is 1. The van der Waals surface area contributed by atoms with Gasteiger partial charge in [-0.15, -0.1) is 5.10 Å². The zero-order chi connectivity index (χ0) is 23.9. The summed E-state index contributed by atoms with van der Waals surface area (Å²) in [4.78, 5) is 14.0. The number of benzene rings is 1. The third-order valence-corrected chi connectivity index (χ3v) is 7.31. The molecule has 5 heterocycles. The van der Waals surface area contributed by atoms with Crippen LogP contribution in [-0.2, 0) is 0 Å². The van der Waals surface area contributed by atoms with Crippen LogP contribution in [0.2, 0.25) is 0 Å². The van der Waals surface area contributed by atoms with Gasteiger partial charge in [0.25, 0.3) is 0 Å². The van der Waals surface area contributed by atoms with E-state index < -0.39 is 0 Å². The third-order valence-electron chi connectivity index (χ3n) is 7.31. The van der Waals surface area contributed by atoms with Gasteiger partial charge in [-0.1, -0.05) is 25.1 Å². The van der Waals surface area contributed by atoms with Crippen molar-refractivity contribution in [3.8, 4) is 11.4 Å². The van der Waals surface area contributed by atoms with E-state index in [1.807, 2.05) is 47.1 Å². The number of piperidine rings is 1. The van der Waals surface area contributed by atoms with Crippen LogP contribution in [0.3, 0.4) is 0 Å². The Morgan fingerprint density at radius 3 is 2.74 bits per heavy atom. The molecule has 1 N–H and O–H groups in total. The van der Waals surface area contributed by atoms with Crippen molar-refractivity contribution in [3.05, 3.63) is 72.2 Å². The number of anilines is 2. The summed E-state index contributed by atoms with van der Waals surface area (Å²) in [5.41, 5.74) is 3.37. The minimum Gasteiger partial charge on any atom is -0.393 e. The Hall–Kier alpha value is -3.52. The Morgan fingerprint density at radius 1 is 1.00 bits per heavy atom. The van der Waals surface area contributed by atoms with Crippen LogP contribution in [0.25, 0.3) is 17.0 Å². The van der Waals surface area contributed by atoms with Crippen LogP contribution in [0.15, 0.2) is 60.8 Å². The van der Waals surface area contributed by atoms with E-state index in [2.05, 4.69) is 21.7 Å². The number of fused-ring (bicyclic) bond motifs is 1. The van der Waals surface area contributed by atoms with Crippen LogP contribution in [-0.4, -0.2) is 50.4 Å². The monoisotopic (exact) mass is 472 g/mol. The highest BCUT2D eigenvalue weighted by atomic mass is 19.1.